The molecule has 1 aromatic heterocycles. The minimum absolute atomic E-state index is 0.235. The summed E-state index contributed by atoms with van der Waals surface area (Å²) in [6.45, 7) is 2.00. The first-order valence-electron chi connectivity index (χ1n) is 11.8. The van der Waals surface area contributed by atoms with Crippen LogP contribution in [0.1, 0.15) is 42.0 Å². The van der Waals surface area contributed by atoms with E-state index in [0.717, 1.165) is 27.6 Å². The maximum absolute atomic E-state index is 13.5. The first-order valence-corrected chi connectivity index (χ1v) is 11.8. The normalized spacial score (nSPS) is 15.2. The average Bonchev–Trinajstić information content (AvgIpc) is 3.33. The molecule has 0 saturated carbocycles. The van der Waals surface area contributed by atoms with Crippen molar-refractivity contribution in [2.45, 2.75) is 32.2 Å². The SMILES string of the molecule is Cc1ccc2[nH]c(=O)c(C3=NN(C(=O)CCC(=O)[O-])[C@@H](c4ccccc4)C3)c(-c3ccccc3)c2c1. The lowest BCUT2D eigenvalue weighted by molar-refractivity contribution is -0.305. The molecule has 0 radical (unpaired) electrons. The molecule has 0 aliphatic carbocycles. The van der Waals surface area contributed by atoms with Crippen LogP contribution in [0.25, 0.3) is 22.0 Å². The zero-order valence-electron chi connectivity index (χ0n) is 19.7. The van der Waals surface area contributed by atoms with Crippen LogP contribution in [-0.4, -0.2) is 27.6 Å². The van der Waals surface area contributed by atoms with Crippen LogP contribution in [0.5, 0.6) is 0 Å². The summed E-state index contributed by atoms with van der Waals surface area (Å²) in [6.07, 6.45) is -0.310. The van der Waals surface area contributed by atoms with Crippen LogP contribution >= 0.6 is 0 Å². The average molecular weight is 479 g/mol. The fourth-order valence-corrected chi connectivity index (χ4v) is 4.74. The Balaban J connectivity index is 1.70. The minimum atomic E-state index is -1.30. The molecule has 0 unspecified atom stereocenters. The lowest BCUT2D eigenvalue weighted by atomic mass is 9.90. The third-order valence-corrected chi connectivity index (χ3v) is 6.41. The summed E-state index contributed by atoms with van der Waals surface area (Å²) in [5, 5.41) is 17.8. The van der Waals surface area contributed by atoms with Gasteiger partial charge in [0.2, 0.25) is 5.91 Å². The van der Waals surface area contributed by atoms with Gasteiger partial charge in [-0.1, -0.05) is 72.3 Å². The number of carboxylic acids is 1. The van der Waals surface area contributed by atoms with Gasteiger partial charge in [-0.05, 0) is 36.6 Å². The number of benzene rings is 3. The van der Waals surface area contributed by atoms with Crippen molar-refractivity contribution >= 4 is 28.5 Å². The molecule has 180 valence electrons. The number of aromatic nitrogens is 1. The van der Waals surface area contributed by atoms with Crippen molar-refractivity contribution in [1.82, 2.24) is 9.99 Å². The largest absolute Gasteiger partial charge is 0.550 e. The number of hydrazone groups is 1. The molecule has 2 heterocycles. The number of nitrogens with zero attached hydrogens (tertiary/aromatic N) is 2. The number of amides is 1. The number of aryl methyl sites for hydroxylation is 1. The second-order valence-electron chi connectivity index (χ2n) is 8.91. The standard InChI is InChI=1S/C29H25N3O4/c1-18-12-13-22-21(16-18)27(20-10-6-3-7-11-20)28(29(36)30-22)23-17-24(19-8-4-2-5-9-19)32(31-23)25(33)14-15-26(34)35/h2-13,16,24H,14-15,17H2,1H3,(H,30,36)(H,34,35)/p-1/t24-/m1/s1. The highest BCUT2D eigenvalue weighted by Gasteiger charge is 2.35. The molecule has 0 bridgehead atoms. The molecule has 1 aliphatic rings. The monoisotopic (exact) mass is 478 g/mol. The van der Waals surface area contributed by atoms with E-state index in [-0.39, 0.29) is 12.0 Å². The van der Waals surface area contributed by atoms with Crippen LogP contribution in [0.15, 0.2) is 88.8 Å². The predicted molar refractivity (Wildman–Crippen MR) is 136 cm³/mol. The van der Waals surface area contributed by atoms with E-state index in [4.69, 9.17) is 0 Å². The summed E-state index contributed by atoms with van der Waals surface area (Å²) in [5.41, 5.74) is 4.85. The summed E-state index contributed by atoms with van der Waals surface area (Å²) in [6, 6.07) is 24.5. The van der Waals surface area contributed by atoms with E-state index in [1.807, 2.05) is 85.8 Å². The number of hydrogen-bond donors (Lipinski definition) is 1. The molecule has 1 N–H and O–H groups in total. The molecule has 0 spiro atoms. The van der Waals surface area contributed by atoms with E-state index in [2.05, 4.69) is 10.1 Å². The Morgan fingerprint density at radius 3 is 2.36 bits per heavy atom. The highest BCUT2D eigenvalue weighted by atomic mass is 16.4. The zero-order valence-corrected chi connectivity index (χ0v) is 19.7. The quantitative estimate of drug-likeness (QED) is 0.456. The molecule has 4 aromatic rings. The van der Waals surface area contributed by atoms with E-state index in [1.54, 1.807) is 0 Å². The van der Waals surface area contributed by atoms with Crippen molar-refractivity contribution in [1.29, 1.82) is 0 Å². The van der Waals surface area contributed by atoms with Crippen molar-refractivity contribution in [3.05, 3.63) is 106 Å². The molecular formula is C29H24N3O4-. The number of pyridine rings is 1. The maximum Gasteiger partial charge on any atom is 0.258 e. The molecule has 7 heteroatoms. The van der Waals surface area contributed by atoms with Crippen molar-refractivity contribution < 1.29 is 14.7 Å². The van der Waals surface area contributed by atoms with Gasteiger partial charge in [-0.15, -0.1) is 0 Å². The van der Waals surface area contributed by atoms with Crippen molar-refractivity contribution in [2.24, 2.45) is 5.10 Å². The number of carboxylic acid groups (broad SMARTS) is 1. The number of carbonyl (C=O) groups is 2. The number of aliphatic carboxylic acids is 1. The number of aromatic amines is 1. The first kappa shape index (κ1) is 23.2. The number of carbonyl (C=O) groups excluding carboxylic acids is 2. The highest BCUT2D eigenvalue weighted by Crippen LogP contribution is 2.37. The van der Waals surface area contributed by atoms with Crippen LogP contribution in [0.4, 0.5) is 0 Å². The Morgan fingerprint density at radius 2 is 1.67 bits per heavy atom. The molecule has 3 aromatic carbocycles. The fraction of sp³-hybridized carbons (Fsp3) is 0.172. The van der Waals surface area contributed by atoms with Gasteiger partial charge < -0.3 is 14.9 Å². The van der Waals surface area contributed by atoms with Gasteiger partial charge in [0.25, 0.3) is 5.56 Å². The smallest absolute Gasteiger partial charge is 0.258 e. The molecule has 7 nitrogen and oxygen atoms in total. The number of H-pyrrole nitrogens is 1. The lowest BCUT2D eigenvalue weighted by Crippen LogP contribution is -2.29. The Kier molecular flexibility index (Phi) is 6.21. The van der Waals surface area contributed by atoms with Gasteiger partial charge in [0.05, 0.1) is 17.3 Å². The lowest BCUT2D eigenvalue weighted by Gasteiger charge is -2.22. The fourth-order valence-electron chi connectivity index (χ4n) is 4.74. The maximum atomic E-state index is 13.5. The Bertz CT molecular complexity index is 1540. The van der Waals surface area contributed by atoms with E-state index >= 15 is 0 Å². The van der Waals surface area contributed by atoms with Gasteiger partial charge in [0.15, 0.2) is 0 Å². The molecule has 5 rings (SSSR count). The Hall–Kier alpha value is -4.52. The summed E-state index contributed by atoms with van der Waals surface area (Å²) in [5.74, 6) is -1.73. The van der Waals surface area contributed by atoms with Gasteiger partial charge in [-0.25, -0.2) is 5.01 Å². The zero-order chi connectivity index (χ0) is 25.2. The van der Waals surface area contributed by atoms with Gasteiger partial charge >= 0.3 is 0 Å². The van der Waals surface area contributed by atoms with Gasteiger partial charge in [-0.2, -0.15) is 5.10 Å². The summed E-state index contributed by atoms with van der Waals surface area (Å²) in [4.78, 5) is 40.5. The Labute approximate surface area is 207 Å². The Morgan fingerprint density at radius 1 is 0.972 bits per heavy atom. The first-order chi connectivity index (χ1) is 17.4. The molecule has 0 saturated heterocycles. The highest BCUT2D eigenvalue weighted by molar-refractivity contribution is 6.13. The minimum Gasteiger partial charge on any atom is -0.550 e. The molecule has 0 fully saturated rings. The van der Waals surface area contributed by atoms with Crippen LogP contribution in [0.2, 0.25) is 0 Å². The third kappa shape index (κ3) is 4.43. The molecule has 36 heavy (non-hydrogen) atoms. The summed E-state index contributed by atoms with van der Waals surface area (Å²) >= 11 is 0. The second-order valence-corrected chi connectivity index (χ2v) is 8.91. The summed E-state index contributed by atoms with van der Waals surface area (Å²) in [7, 11) is 0. The van der Waals surface area contributed by atoms with Crippen molar-refractivity contribution in [2.75, 3.05) is 0 Å². The van der Waals surface area contributed by atoms with E-state index in [9.17, 15) is 19.5 Å². The van der Waals surface area contributed by atoms with Crippen LogP contribution < -0.4 is 10.7 Å². The number of fused-ring (bicyclic) bond motifs is 1. The van der Waals surface area contributed by atoms with Gasteiger partial charge in [0, 0.05) is 35.3 Å². The van der Waals surface area contributed by atoms with Crippen LogP contribution in [0, 0.1) is 6.92 Å². The van der Waals surface area contributed by atoms with E-state index in [1.165, 1.54) is 5.01 Å². The molecule has 1 aliphatic heterocycles. The van der Waals surface area contributed by atoms with E-state index < -0.39 is 24.3 Å². The van der Waals surface area contributed by atoms with Gasteiger partial charge in [-0.3, -0.25) is 9.59 Å². The van der Waals surface area contributed by atoms with E-state index in [0.29, 0.717) is 23.2 Å². The molecule has 1 amide bonds. The van der Waals surface area contributed by atoms with Crippen LogP contribution in [-0.2, 0) is 9.59 Å². The molecular weight excluding hydrogens is 454 g/mol. The number of nitrogens with one attached hydrogen (secondary N) is 1. The topological polar surface area (TPSA) is 106 Å². The van der Waals surface area contributed by atoms with Crippen LogP contribution in [0.3, 0.4) is 0 Å². The predicted octanol–water partition coefficient (Wildman–Crippen LogP) is 3.71. The van der Waals surface area contributed by atoms with Crippen molar-refractivity contribution in [3.63, 3.8) is 0 Å². The second kappa shape index (κ2) is 9.62. The number of hydrogen-bond acceptors (Lipinski definition) is 5. The molecule has 1 atom stereocenters. The summed E-state index contributed by atoms with van der Waals surface area (Å²) < 4.78 is 0. The third-order valence-electron chi connectivity index (χ3n) is 6.41. The van der Waals surface area contributed by atoms with Crippen molar-refractivity contribution in [3.8, 4) is 11.1 Å². The van der Waals surface area contributed by atoms with Gasteiger partial charge in [0.1, 0.15) is 0 Å². The number of rotatable bonds is 6.